The minimum absolute atomic E-state index is 0.0125. The second-order valence-corrected chi connectivity index (χ2v) is 11.7. The van der Waals surface area contributed by atoms with Crippen LogP contribution in [0.4, 0.5) is 5.69 Å². The van der Waals surface area contributed by atoms with Crippen molar-refractivity contribution in [1.82, 2.24) is 5.32 Å². The van der Waals surface area contributed by atoms with E-state index in [1.807, 2.05) is 91.0 Å². The molecule has 4 N–H and O–H groups in total. The maximum absolute atomic E-state index is 13.8. The molecule has 2 atom stereocenters. The number of para-hydroxylation sites is 1. The van der Waals surface area contributed by atoms with Gasteiger partial charge in [0.05, 0.1) is 12.5 Å². The van der Waals surface area contributed by atoms with Crippen molar-refractivity contribution in [2.45, 2.75) is 44.8 Å². The zero-order chi connectivity index (χ0) is 29.7. The largest absolute Gasteiger partial charge is 0.456 e. The summed E-state index contributed by atoms with van der Waals surface area (Å²) >= 11 is 0. The van der Waals surface area contributed by atoms with Crippen molar-refractivity contribution in [3.8, 4) is 11.3 Å². The highest BCUT2D eigenvalue weighted by atomic mass is 16.3. The van der Waals surface area contributed by atoms with Gasteiger partial charge in [0, 0.05) is 23.2 Å². The van der Waals surface area contributed by atoms with Gasteiger partial charge < -0.3 is 19.9 Å². The fourth-order valence-electron chi connectivity index (χ4n) is 5.04. The summed E-state index contributed by atoms with van der Waals surface area (Å²) in [7, 11) is 0. The van der Waals surface area contributed by atoms with Gasteiger partial charge in [-0.05, 0) is 70.5 Å². The third-order valence-electron chi connectivity index (χ3n) is 7.54. The number of aliphatic hydroxyl groups excluding tert-OH is 2. The predicted molar refractivity (Wildman–Crippen MR) is 168 cm³/mol. The summed E-state index contributed by atoms with van der Waals surface area (Å²) in [5.41, 5.74) is 6.33. The van der Waals surface area contributed by atoms with Crippen LogP contribution in [0.5, 0.6) is 0 Å². The average Bonchev–Trinajstić information content (AvgIpc) is 3.43. The van der Waals surface area contributed by atoms with E-state index in [4.69, 9.17) is 9.52 Å². The maximum atomic E-state index is 13.8. The Hall–Kier alpha value is -4.23. The number of anilines is 1. The minimum Gasteiger partial charge on any atom is -0.456 e. The summed E-state index contributed by atoms with van der Waals surface area (Å²) in [6, 6.07) is 33.5. The van der Waals surface area contributed by atoms with Gasteiger partial charge in [-0.25, -0.2) is 0 Å². The molecule has 5 rings (SSSR count). The summed E-state index contributed by atoms with van der Waals surface area (Å²) < 4.78 is 6.00. The summed E-state index contributed by atoms with van der Waals surface area (Å²) in [6.07, 6.45) is -0.365. The van der Waals surface area contributed by atoms with Crippen LogP contribution in [-0.4, -0.2) is 29.3 Å². The molecule has 0 aliphatic carbocycles. The molecule has 0 bridgehead atoms. The van der Waals surface area contributed by atoms with Crippen molar-refractivity contribution >= 4 is 22.6 Å². The molecule has 1 amide bonds. The monoisotopic (exact) mass is 562 g/mol. The molecule has 6 nitrogen and oxygen atoms in total. The van der Waals surface area contributed by atoms with Gasteiger partial charge in [-0.1, -0.05) is 87.5 Å². The summed E-state index contributed by atoms with van der Waals surface area (Å²) in [4.78, 5) is 13.8. The van der Waals surface area contributed by atoms with Crippen LogP contribution in [-0.2, 0) is 16.6 Å². The first-order chi connectivity index (χ1) is 20.2. The number of carbonyl (C=O) groups excluding carboxylic acids is 1. The van der Waals surface area contributed by atoms with Crippen molar-refractivity contribution < 1.29 is 19.4 Å². The first-order valence-corrected chi connectivity index (χ1v) is 14.3. The van der Waals surface area contributed by atoms with Crippen LogP contribution in [0.25, 0.3) is 22.3 Å². The lowest BCUT2D eigenvalue weighted by molar-refractivity contribution is -0.117. The van der Waals surface area contributed by atoms with E-state index in [1.165, 1.54) is 5.56 Å². The molecule has 0 saturated heterocycles. The second kappa shape index (κ2) is 12.7. The van der Waals surface area contributed by atoms with Crippen LogP contribution < -0.4 is 10.6 Å². The van der Waals surface area contributed by atoms with Crippen LogP contribution in [0.2, 0.25) is 0 Å². The van der Waals surface area contributed by atoms with E-state index in [0.29, 0.717) is 24.2 Å². The Bertz CT molecular complexity index is 1580. The van der Waals surface area contributed by atoms with E-state index >= 15 is 0 Å². The highest BCUT2D eigenvalue weighted by Crippen LogP contribution is 2.30. The lowest BCUT2D eigenvalue weighted by atomic mass is 9.84. The third-order valence-corrected chi connectivity index (χ3v) is 7.54. The molecular weight excluding hydrogens is 524 g/mol. The summed E-state index contributed by atoms with van der Waals surface area (Å²) in [6.45, 7) is 6.77. The fourth-order valence-corrected chi connectivity index (χ4v) is 5.04. The molecule has 1 unspecified atom stereocenters. The van der Waals surface area contributed by atoms with Crippen molar-refractivity contribution in [1.29, 1.82) is 0 Å². The number of hydrogen-bond donors (Lipinski definition) is 4. The Morgan fingerprint density at radius 1 is 0.857 bits per heavy atom. The molecule has 1 heterocycles. The zero-order valence-corrected chi connectivity index (χ0v) is 24.3. The number of carbonyl (C=O) groups is 1. The van der Waals surface area contributed by atoms with E-state index in [9.17, 15) is 9.90 Å². The van der Waals surface area contributed by atoms with Gasteiger partial charge in [0.15, 0.2) is 0 Å². The molecule has 5 aromatic rings. The van der Waals surface area contributed by atoms with Gasteiger partial charge >= 0.3 is 0 Å². The average molecular weight is 563 g/mol. The van der Waals surface area contributed by atoms with Gasteiger partial charge in [-0.15, -0.1) is 0 Å². The van der Waals surface area contributed by atoms with E-state index < -0.39 is 12.1 Å². The number of furan rings is 1. The molecule has 1 aromatic heterocycles. The molecule has 0 spiro atoms. The SMILES string of the molecule is CC(C)(C)c1ccc(C(Cc2ccc([C@H](O)NCCO)cc2)C(=O)Nc2ccc(-c3cc4ccccc4o3)cc2)cc1. The number of hydrogen-bond acceptors (Lipinski definition) is 5. The van der Waals surface area contributed by atoms with E-state index in [1.54, 1.807) is 0 Å². The van der Waals surface area contributed by atoms with Crippen LogP contribution in [0.1, 0.15) is 55.2 Å². The van der Waals surface area contributed by atoms with Crippen LogP contribution in [0.3, 0.4) is 0 Å². The second-order valence-electron chi connectivity index (χ2n) is 11.7. The molecular formula is C36H38N2O4. The van der Waals surface area contributed by atoms with Crippen LogP contribution in [0.15, 0.2) is 108 Å². The van der Waals surface area contributed by atoms with Gasteiger partial charge in [-0.2, -0.15) is 0 Å². The Morgan fingerprint density at radius 3 is 2.17 bits per heavy atom. The van der Waals surface area contributed by atoms with Gasteiger partial charge in [0.1, 0.15) is 17.6 Å². The number of rotatable bonds is 10. The van der Waals surface area contributed by atoms with Crippen molar-refractivity contribution in [3.05, 3.63) is 125 Å². The maximum Gasteiger partial charge on any atom is 0.232 e. The number of aliphatic hydroxyl groups is 2. The summed E-state index contributed by atoms with van der Waals surface area (Å²) in [5.74, 6) is 0.270. The fraction of sp³-hybridized carbons (Fsp3) is 0.250. The predicted octanol–water partition coefficient (Wildman–Crippen LogP) is 6.94. The Balaban J connectivity index is 1.35. The number of fused-ring (bicyclic) bond motifs is 1. The van der Waals surface area contributed by atoms with E-state index in [-0.39, 0.29) is 17.9 Å². The van der Waals surface area contributed by atoms with Gasteiger partial charge in [0.2, 0.25) is 5.91 Å². The van der Waals surface area contributed by atoms with E-state index in [0.717, 1.165) is 33.4 Å². The molecule has 216 valence electrons. The van der Waals surface area contributed by atoms with Crippen molar-refractivity contribution in [2.24, 2.45) is 0 Å². The lowest BCUT2D eigenvalue weighted by Crippen LogP contribution is -2.24. The van der Waals surface area contributed by atoms with Crippen molar-refractivity contribution in [2.75, 3.05) is 18.5 Å². The standard InChI is InChI=1S/C36H38N2O4/c1-36(2,3)29-16-12-25(13-17-29)31(22-24-8-10-27(11-9-24)34(40)37-20-21-39)35(41)38-30-18-14-26(15-19-30)33-23-28-6-4-5-7-32(28)42-33/h4-19,23,31,34,37,39-40H,20-22H2,1-3H3,(H,38,41)/t31?,34-/m0/s1. The zero-order valence-electron chi connectivity index (χ0n) is 24.3. The van der Waals surface area contributed by atoms with E-state index in [2.05, 4.69) is 43.5 Å². The number of amides is 1. The molecule has 4 aromatic carbocycles. The smallest absolute Gasteiger partial charge is 0.232 e. The number of nitrogens with one attached hydrogen (secondary N) is 2. The number of benzene rings is 4. The third kappa shape index (κ3) is 6.97. The van der Waals surface area contributed by atoms with Crippen molar-refractivity contribution in [3.63, 3.8) is 0 Å². The molecule has 0 radical (unpaired) electrons. The minimum atomic E-state index is -0.863. The molecule has 0 aliphatic rings. The topological polar surface area (TPSA) is 94.7 Å². The highest BCUT2D eigenvalue weighted by molar-refractivity contribution is 5.96. The Kier molecular flexibility index (Phi) is 8.88. The highest BCUT2D eigenvalue weighted by Gasteiger charge is 2.23. The van der Waals surface area contributed by atoms with Crippen LogP contribution >= 0.6 is 0 Å². The first kappa shape index (κ1) is 29.3. The molecule has 6 heteroatoms. The molecule has 0 aliphatic heterocycles. The Labute approximate surface area is 247 Å². The normalized spacial score (nSPS) is 13.2. The molecule has 0 fully saturated rings. The molecule has 0 saturated carbocycles. The van der Waals surface area contributed by atoms with Gasteiger partial charge in [-0.3, -0.25) is 10.1 Å². The molecule has 42 heavy (non-hydrogen) atoms. The first-order valence-electron chi connectivity index (χ1n) is 14.3. The Morgan fingerprint density at radius 2 is 1.52 bits per heavy atom. The summed E-state index contributed by atoms with van der Waals surface area (Å²) in [5, 5.41) is 26.3. The lowest BCUT2D eigenvalue weighted by Gasteiger charge is -2.22. The van der Waals surface area contributed by atoms with Gasteiger partial charge in [0.25, 0.3) is 0 Å². The van der Waals surface area contributed by atoms with Crippen LogP contribution in [0, 0.1) is 0 Å². The quantitative estimate of drug-likeness (QED) is 0.138.